The predicted molar refractivity (Wildman–Crippen MR) is 105 cm³/mol. The van der Waals surface area contributed by atoms with Gasteiger partial charge < -0.3 is 15.1 Å². The Bertz CT molecular complexity index is 702. The van der Waals surface area contributed by atoms with Gasteiger partial charge in [0, 0.05) is 56.5 Å². The number of nitrogens with one attached hydrogen (secondary N) is 1. The summed E-state index contributed by atoms with van der Waals surface area (Å²) in [7, 11) is -3.32. The molecule has 1 N–H and O–H groups in total. The van der Waals surface area contributed by atoms with Crippen LogP contribution in [0.15, 0.2) is 24.3 Å². The number of hydrogen-bond acceptors (Lipinski definition) is 4. The van der Waals surface area contributed by atoms with Gasteiger partial charge in [-0.1, -0.05) is 31.5 Å². The number of carbonyl (C=O) groups excluding carboxylic acids is 1. The SMILES string of the molecule is CCN(CC)S(=O)(=O)CCNC(=O)N1CCN(c2cccc(Cl)c2)CC1. The molecule has 1 aliphatic rings. The summed E-state index contributed by atoms with van der Waals surface area (Å²) in [6.07, 6.45) is 0. The summed E-state index contributed by atoms with van der Waals surface area (Å²) in [5.74, 6) is -0.0805. The van der Waals surface area contributed by atoms with Crippen molar-refractivity contribution in [3.05, 3.63) is 29.3 Å². The van der Waals surface area contributed by atoms with Crippen LogP contribution in [-0.4, -0.2) is 75.2 Å². The van der Waals surface area contributed by atoms with Gasteiger partial charge in [-0.2, -0.15) is 0 Å². The van der Waals surface area contributed by atoms with Crippen molar-refractivity contribution in [3.63, 3.8) is 0 Å². The molecule has 7 nitrogen and oxygen atoms in total. The van der Waals surface area contributed by atoms with E-state index in [2.05, 4.69) is 10.2 Å². The lowest BCUT2D eigenvalue weighted by molar-refractivity contribution is 0.195. The van der Waals surface area contributed by atoms with E-state index < -0.39 is 10.0 Å². The van der Waals surface area contributed by atoms with Crippen LogP contribution in [0.2, 0.25) is 5.02 Å². The smallest absolute Gasteiger partial charge is 0.317 e. The van der Waals surface area contributed by atoms with Crippen LogP contribution in [0, 0.1) is 0 Å². The van der Waals surface area contributed by atoms with Crippen molar-refractivity contribution in [3.8, 4) is 0 Å². The van der Waals surface area contributed by atoms with Crippen molar-refractivity contribution in [1.82, 2.24) is 14.5 Å². The Morgan fingerprint density at radius 1 is 1.19 bits per heavy atom. The van der Waals surface area contributed by atoms with E-state index in [9.17, 15) is 13.2 Å². The van der Waals surface area contributed by atoms with Crippen molar-refractivity contribution in [1.29, 1.82) is 0 Å². The number of hydrogen-bond donors (Lipinski definition) is 1. The Kier molecular flexibility index (Phi) is 7.55. The first-order valence-corrected chi connectivity index (χ1v) is 10.9. The molecule has 26 heavy (non-hydrogen) atoms. The molecule has 146 valence electrons. The van der Waals surface area contributed by atoms with Crippen LogP contribution in [0.4, 0.5) is 10.5 Å². The van der Waals surface area contributed by atoms with Crippen LogP contribution in [0.3, 0.4) is 0 Å². The van der Waals surface area contributed by atoms with E-state index in [0.717, 1.165) is 5.69 Å². The summed E-state index contributed by atoms with van der Waals surface area (Å²) in [6.45, 7) is 7.21. The molecule has 1 aliphatic heterocycles. The van der Waals surface area contributed by atoms with Crippen LogP contribution < -0.4 is 10.2 Å². The third kappa shape index (κ3) is 5.49. The Morgan fingerprint density at radius 2 is 1.85 bits per heavy atom. The number of halogens is 1. The normalized spacial score (nSPS) is 15.4. The number of piperazine rings is 1. The summed E-state index contributed by atoms with van der Waals surface area (Å²) in [5.41, 5.74) is 1.04. The van der Waals surface area contributed by atoms with E-state index in [1.54, 1.807) is 18.7 Å². The topological polar surface area (TPSA) is 73.0 Å². The number of urea groups is 1. The monoisotopic (exact) mass is 402 g/mol. The average molecular weight is 403 g/mol. The molecule has 0 bridgehead atoms. The summed E-state index contributed by atoms with van der Waals surface area (Å²) >= 11 is 6.03. The van der Waals surface area contributed by atoms with Crippen LogP contribution in [-0.2, 0) is 10.0 Å². The molecule has 0 unspecified atom stereocenters. The van der Waals surface area contributed by atoms with E-state index >= 15 is 0 Å². The maximum absolute atomic E-state index is 12.3. The Labute approximate surface area is 160 Å². The quantitative estimate of drug-likeness (QED) is 0.755. The number of benzene rings is 1. The van der Waals surface area contributed by atoms with Gasteiger partial charge in [0.15, 0.2) is 0 Å². The molecule has 2 rings (SSSR count). The molecular weight excluding hydrogens is 376 g/mol. The predicted octanol–water partition coefficient (Wildman–Crippen LogP) is 1.84. The molecule has 2 amide bonds. The first-order chi connectivity index (χ1) is 12.4. The Morgan fingerprint density at radius 3 is 2.42 bits per heavy atom. The fourth-order valence-corrected chi connectivity index (χ4v) is 4.57. The maximum atomic E-state index is 12.3. The van der Waals surface area contributed by atoms with Crippen LogP contribution in [0.5, 0.6) is 0 Å². The third-order valence-corrected chi connectivity index (χ3v) is 6.73. The minimum absolute atomic E-state index is 0.0805. The fraction of sp³-hybridized carbons (Fsp3) is 0.588. The maximum Gasteiger partial charge on any atom is 0.317 e. The molecule has 1 heterocycles. The molecule has 1 saturated heterocycles. The zero-order valence-corrected chi connectivity index (χ0v) is 16.9. The second-order valence-corrected chi connectivity index (χ2v) is 8.61. The standard InChI is InChI=1S/C17H27ClN4O3S/c1-3-22(4-2)26(24,25)13-8-19-17(23)21-11-9-20(10-12-21)16-7-5-6-15(18)14-16/h5-7,14H,3-4,8-13H2,1-2H3,(H,19,23). The van der Waals surface area contributed by atoms with E-state index in [4.69, 9.17) is 11.6 Å². The summed E-state index contributed by atoms with van der Waals surface area (Å²) in [4.78, 5) is 16.2. The lowest BCUT2D eigenvalue weighted by Gasteiger charge is -2.36. The van der Waals surface area contributed by atoms with E-state index in [1.165, 1.54) is 4.31 Å². The van der Waals surface area contributed by atoms with Crippen molar-refractivity contribution in [2.24, 2.45) is 0 Å². The highest BCUT2D eigenvalue weighted by molar-refractivity contribution is 7.89. The second kappa shape index (κ2) is 9.43. The number of carbonyl (C=O) groups is 1. The van der Waals surface area contributed by atoms with Gasteiger partial charge >= 0.3 is 6.03 Å². The number of anilines is 1. The highest BCUT2D eigenvalue weighted by Crippen LogP contribution is 2.20. The zero-order chi connectivity index (χ0) is 19.2. The van der Waals surface area contributed by atoms with E-state index in [-0.39, 0.29) is 18.3 Å². The molecule has 1 fully saturated rings. The highest BCUT2D eigenvalue weighted by atomic mass is 35.5. The molecule has 0 radical (unpaired) electrons. The first kappa shape index (κ1) is 20.8. The molecule has 9 heteroatoms. The highest BCUT2D eigenvalue weighted by Gasteiger charge is 2.23. The van der Waals surface area contributed by atoms with Crippen LogP contribution >= 0.6 is 11.6 Å². The molecule has 1 aromatic rings. The van der Waals surface area contributed by atoms with Gasteiger partial charge in [0.1, 0.15) is 0 Å². The minimum Gasteiger partial charge on any atom is -0.368 e. The number of nitrogens with zero attached hydrogens (tertiary/aromatic N) is 3. The lowest BCUT2D eigenvalue weighted by Crippen LogP contribution is -2.52. The first-order valence-electron chi connectivity index (χ1n) is 8.88. The zero-order valence-electron chi connectivity index (χ0n) is 15.3. The molecule has 1 aromatic carbocycles. The molecule has 0 atom stereocenters. The molecule has 0 saturated carbocycles. The van der Waals surface area contributed by atoms with Gasteiger partial charge in [-0.25, -0.2) is 17.5 Å². The summed E-state index contributed by atoms with van der Waals surface area (Å²) in [6, 6.07) is 7.44. The van der Waals surface area contributed by atoms with Gasteiger partial charge in [-0.3, -0.25) is 0 Å². The van der Waals surface area contributed by atoms with Gasteiger partial charge in [0.25, 0.3) is 0 Å². The van der Waals surface area contributed by atoms with Crippen LogP contribution in [0.1, 0.15) is 13.8 Å². The third-order valence-electron chi connectivity index (χ3n) is 4.48. The number of sulfonamides is 1. The molecular formula is C17H27ClN4O3S. The number of rotatable bonds is 7. The van der Waals surface area contributed by atoms with Crippen molar-refractivity contribution in [2.45, 2.75) is 13.8 Å². The van der Waals surface area contributed by atoms with Gasteiger partial charge in [0.05, 0.1) is 5.75 Å². The van der Waals surface area contributed by atoms with E-state index in [0.29, 0.717) is 44.3 Å². The summed E-state index contributed by atoms with van der Waals surface area (Å²) in [5, 5.41) is 3.41. The fourth-order valence-electron chi connectivity index (χ4n) is 2.99. The van der Waals surface area contributed by atoms with Crippen molar-refractivity contribution >= 4 is 33.3 Å². The van der Waals surface area contributed by atoms with Gasteiger partial charge in [-0.15, -0.1) is 0 Å². The minimum atomic E-state index is -3.32. The Hall–Kier alpha value is -1.51. The van der Waals surface area contributed by atoms with Crippen molar-refractivity contribution < 1.29 is 13.2 Å². The summed E-state index contributed by atoms with van der Waals surface area (Å²) < 4.78 is 25.6. The van der Waals surface area contributed by atoms with E-state index in [1.807, 2.05) is 24.3 Å². The Balaban J connectivity index is 1.78. The van der Waals surface area contributed by atoms with Gasteiger partial charge in [0.2, 0.25) is 10.0 Å². The largest absolute Gasteiger partial charge is 0.368 e. The second-order valence-electron chi connectivity index (χ2n) is 6.09. The number of amides is 2. The molecule has 0 aliphatic carbocycles. The average Bonchev–Trinajstić information content (AvgIpc) is 2.62. The van der Waals surface area contributed by atoms with Crippen molar-refractivity contribution in [2.75, 3.05) is 56.5 Å². The molecule has 0 aromatic heterocycles. The van der Waals surface area contributed by atoms with Gasteiger partial charge in [-0.05, 0) is 18.2 Å². The molecule has 0 spiro atoms. The van der Waals surface area contributed by atoms with Crippen LogP contribution in [0.25, 0.3) is 0 Å². The lowest BCUT2D eigenvalue weighted by atomic mass is 10.2.